The van der Waals surface area contributed by atoms with Crippen LogP contribution in [0.5, 0.6) is 11.5 Å². The van der Waals surface area contributed by atoms with Crippen molar-refractivity contribution in [1.29, 1.82) is 0 Å². The van der Waals surface area contributed by atoms with Crippen molar-refractivity contribution in [2.75, 3.05) is 18.0 Å². The highest BCUT2D eigenvalue weighted by atomic mass is 35.5. The Morgan fingerprint density at radius 1 is 0.950 bits per heavy atom. The Labute approximate surface area is 117 Å². The summed E-state index contributed by atoms with van der Waals surface area (Å²) in [5.74, 6) is -0.930. The molecule has 20 heavy (non-hydrogen) atoms. The van der Waals surface area contributed by atoms with Gasteiger partial charge >= 0.3 is 12.2 Å². The molecule has 1 aromatic rings. The van der Waals surface area contributed by atoms with E-state index in [1.165, 1.54) is 6.07 Å². The van der Waals surface area contributed by atoms with E-state index in [0.29, 0.717) is 5.69 Å². The first kappa shape index (κ1) is 13.6. The van der Waals surface area contributed by atoms with Crippen LogP contribution in [0, 0.1) is 0 Å². The molecule has 0 spiro atoms. The number of fused-ring (bicyclic) bond motifs is 1. The van der Waals surface area contributed by atoms with Gasteiger partial charge in [-0.3, -0.25) is 0 Å². The quantitative estimate of drug-likeness (QED) is 0.734. The Morgan fingerprint density at radius 3 is 2.00 bits per heavy atom. The molecule has 2 heterocycles. The highest BCUT2D eigenvalue weighted by molar-refractivity contribution is 6.33. The minimum atomic E-state index is -4.72. The van der Waals surface area contributed by atoms with Gasteiger partial charge in [0.1, 0.15) is 0 Å². The maximum Gasteiger partial charge on any atom is 0.507 e. The summed E-state index contributed by atoms with van der Waals surface area (Å²) in [7, 11) is 0. The Hall–Kier alpha value is -1.37. The van der Waals surface area contributed by atoms with Crippen LogP contribution in [0.2, 0.25) is 5.02 Å². The standard InChI is InChI=1S/C12H10ClF4NO2/c13-7-5-9-10(6-8(7)18-3-1-2-4-18)20-12(16,17)11(14,15)19-9/h5-6H,1-4H2. The molecule has 2 aliphatic heterocycles. The molecule has 3 nitrogen and oxygen atoms in total. The molecular formula is C12H10ClF4NO2. The highest BCUT2D eigenvalue weighted by Crippen LogP contribution is 2.49. The van der Waals surface area contributed by atoms with Crippen LogP contribution in [0.25, 0.3) is 0 Å². The first-order valence-corrected chi connectivity index (χ1v) is 6.40. The number of hydrogen-bond donors (Lipinski definition) is 0. The summed E-state index contributed by atoms with van der Waals surface area (Å²) in [4.78, 5) is 1.89. The van der Waals surface area contributed by atoms with Gasteiger partial charge in [0.2, 0.25) is 0 Å². The molecule has 0 aromatic heterocycles. The number of rotatable bonds is 1. The Kier molecular flexibility index (Phi) is 2.93. The fraction of sp³-hybridized carbons (Fsp3) is 0.500. The highest BCUT2D eigenvalue weighted by Gasteiger charge is 2.66. The molecule has 0 atom stereocenters. The maximum absolute atomic E-state index is 13.1. The van der Waals surface area contributed by atoms with E-state index in [1.807, 2.05) is 4.90 Å². The SMILES string of the molecule is FC1(F)Oc2cc(Cl)c(N3CCCC3)cc2OC1(F)F. The summed E-state index contributed by atoms with van der Waals surface area (Å²) in [5, 5.41) is 0.162. The molecule has 0 aliphatic carbocycles. The van der Waals surface area contributed by atoms with Gasteiger partial charge in [-0.1, -0.05) is 11.6 Å². The minimum absolute atomic E-state index is 0.162. The van der Waals surface area contributed by atoms with Crippen molar-refractivity contribution in [3.63, 3.8) is 0 Å². The van der Waals surface area contributed by atoms with E-state index in [9.17, 15) is 17.6 Å². The molecule has 3 rings (SSSR count). The fourth-order valence-electron chi connectivity index (χ4n) is 2.28. The molecule has 0 bridgehead atoms. The van der Waals surface area contributed by atoms with Gasteiger partial charge in [-0.15, -0.1) is 0 Å². The van der Waals surface area contributed by atoms with Crippen LogP contribution >= 0.6 is 11.6 Å². The van der Waals surface area contributed by atoms with Crippen LogP contribution in [0.3, 0.4) is 0 Å². The predicted octanol–water partition coefficient (Wildman–Crippen LogP) is 3.90. The molecule has 0 N–H and O–H groups in total. The lowest BCUT2D eigenvalue weighted by Crippen LogP contribution is -2.52. The zero-order valence-corrected chi connectivity index (χ0v) is 10.9. The van der Waals surface area contributed by atoms with Crippen LogP contribution in [0.1, 0.15) is 12.8 Å². The third-order valence-corrected chi connectivity index (χ3v) is 3.58. The van der Waals surface area contributed by atoms with Gasteiger partial charge in [-0.2, -0.15) is 17.6 Å². The third-order valence-electron chi connectivity index (χ3n) is 3.28. The zero-order chi connectivity index (χ0) is 14.5. The third kappa shape index (κ3) is 2.04. The monoisotopic (exact) mass is 311 g/mol. The maximum atomic E-state index is 13.1. The molecule has 0 saturated carbocycles. The zero-order valence-electron chi connectivity index (χ0n) is 10.1. The van der Waals surface area contributed by atoms with E-state index in [1.54, 1.807) is 0 Å². The van der Waals surface area contributed by atoms with Crippen LogP contribution in [0.4, 0.5) is 23.2 Å². The van der Waals surface area contributed by atoms with E-state index < -0.39 is 23.7 Å². The smallest absolute Gasteiger partial charge is 0.421 e. The van der Waals surface area contributed by atoms with Crippen molar-refractivity contribution in [2.24, 2.45) is 0 Å². The number of ether oxygens (including phenoxy) is 2. The largest absolute Gasteiger partial charge is 0.507 e. The summed E-state index contributed by atoms with van der Waals surface area (Å²) in [6.07, 6.45) is -7.52. The number of anilines is 1. The molecule has 0 unspecified atom stereocenters. The van der Waals surface area contributed by atoms with Crippen molar-refractivity contribution < 1.29 is 27.0 Å². The second-order valence-electron chi connectivity index (χ2n) is 4.68. The van der Waals surface area contributed by atoms with E-state index in [2.05, 4.69) is 9.47 Å². The van der Waals surface area contributed by atoms with Crippen LogP contribution in [-0.2, 0) is 0 Å². The lowest BCUT2D eigenvalue weighted by molar-refractivity contribution is -0.391. The van der Waals surface area contributed by atoms with Crippen LogP contribution in [-0.4, -0.2) is 25.3 Å². The van der Waals surface area contributed by atoms with E-state index in [-0.39, 0.29) is 5.02 Å². The molecule has 8 heteroatoms. The number of benzene rings is 1. The number of nitrogens with zero attached hydrogens (tertiary/aromatic N) is 1. The van der Waals surface area contributed by atoms with E-state index in [4.69, 9.17) is 11.6 Å². The molecule has 1 saturated heterocycles. The first-order chi connectivity index (χ1) is 9.30. The molecule has 2 aliphatic rings. The first-order valence-electron chi connectivity index (χ1n) is 6.02. The molecule has 1 aromatic carbocycles. The Balaban J connectivity index is 2.01. The second-order valence-corrected chi connectivity index (χ2v) is 5.09. The van der Waals surface area contributed by atoms with E-state index in [0.717, 1.165) is 32.0 Å². The minimum Gasteiger partial charge on any atom is -0.421 e. The number of halogens is 5. The number of alkyl halides is 4. The molecule has 1 fully saturated rings. The summed E-state index contributed by atoms with van der Waals surface area (Å²) < 4.78 is 60.5. The molecule has 110 valence electrons. The van der Waals surface area contributed by atoms with Gasteiger partial charge in [0.05, 0.1) is 10.7 Å². The topological polar surface area (TPSA) is 21.7 Å². The second kappa shape index (κ2) is 4.31. The van der Waals surface area contributed by atoms with Gasteiger partial charge in [0, 0.05) is 25.2 Å². The van der Waals surface area contributed by atoms with Gasteiger partial charge in [-0.25, -0.2) is 0 Å². The lowest BCUT2D eigenvalue weighted by Gasteiger charge is -2.32. The summed E-state index contributed by atoms with van der Waals surface area (Å²) in [6.45, 7) is 1.46. The van der Waals surface area contributed by atoms with Gasteiger partial charge in [0.25, 0.3) is 0 Å². The van der Waals surface area contributed by atoms with Gasteiger partial charge < -0.3 is 14.4 Å². The average molecular weight is 312 g/mol. The molecule has 0 amide bonds. The van der Waals surface area contributed by atoms with Crippen molar-refractivity contribution >= 4 is 17.3 Å². The van der Waals surface area contributed by atoms with E-state index >= 15 is 0 Å². The van der Waals surface area contributed by atoms with Crippen molar-refractivity contribution in [3.8, 4) is 11.5 Å². The van der Waals surface area contributed by atoms with Crippen LogP contribution < -0.4 is 14.4 Å². The van der Waals surface area contributed by atoms with Crippen molar-refractivity contribution in [2.45, 2.75) is 25.1 Å². The van der Waals surface area contributed by atoms with Crippen molar-refractivity contribution in [1.82, 2.24) is 0 Å². The van der Waals surface area contributed by atoms with Crippen molar-refractivity contribution in [3.05, 3.63) is 17.2 Å². The fourth-order valence-corrected chi connectivity index (χ4v) is 2.55. The number of hydrogen-bond acceptors (Lipinski definition) is 3. The lowest BCUT2D eigenvalue weighted by atomic mass is 10.2. The Morgan fingerprint density at radius 2 is 1.45 bits per heavy atom. The summed E-state index contributed by atoms with van der Waals surface area (Å²) in [6, 6.07) is 2.29. The normalized spacial score (nSPS) is 22.9. The van der Waals surface area contributed by atoms with Gasteiger partial charge in [0.15, 0.2) is 11.5 Å². The average Bonchev–Trinajstić information content (AvgIpc) is 2.83. The molecular weight excluding hydrogens is 302 g/mol. The summed E-state index contributed by atoms with van der Waals surface area (Å²) in [5.41, 5.74) is 0.479. The summed E-state index contributed by atoms with van der Waals surface area (Å²) >= 11 is 6.00. The van der Waals surface area contributed by atoms with Crippen LogP contribution in [0.15, 0.2) is 12.1 Å². The predicted molar refractivity (Wildman–Crippen MR) is 64.0 cm³/mol. The van der Waals surface area contributed by atoms with Gasteiger partial charge in [-0.05, 0) is 12.8 Å². The molecule has 0 radical (unpaired) electrons. The Bertz CT molecular complexity index is 547.